The third kappa shape index (κ3) is 7.08. The van der Waals surface area contributed by atoms with Gasteiger partial charge in [0.25, 0.3) is 0 Å². The van der Waals surface area contributed by atoms with E-state index in [1.54, 1.807) is 13.2 Å². The van der Waals surface area contributed by atoms with Crippen molar-refractivity contribution in [3.8, 4) is 17.0 Å². The van der Waals surface area contributed by atoms with Gasteiger partial charge in [0, 0.05) is 37.3 Å². The Labute approximate surface area is 183 Å². The number of aliphatic hydroxyl groups excluding tert-OH is 1. The van der Waals surface area contributed by atoms with Crippen LogP contribution in [0.3, 0.4) is 0 Å². The van der Waals surface area contributed by atoms with Gasteiger partial charge in [0.05, 0.1) is 18.4 Å². The first-order chi connectivity index (χ1) is 13.2. The topological polar surface area (TPSA) is 59.4 Å². The maximum Gasteiger partial charge on any atom is 0.155 e. The number of pyridine rings is 1. The number of nitrogens with zero attached hydrogens (tertiary/aromatic N) is 1. The number of hydrogen-bond acceptors (Lipinski definition) is 4. The summed E-state index contributed by atoms with van der Waals surface area (Å²) in [5, 5.41) is 9.21. The van der Waals surface area contributed by atoms with Crippen molar-refractivity contribution < 1.29 is 39.1 Å². The zero-order valence-corrected chi connectivity index (χ0v) is 19.4. The van der Waals surface area contributed by atoms with Crippen molar-refractivity contribution in [1.82, 2.24) is 4.98 Å². The average Bonchev–Trinajstić information content (AvgIpc) is 2.59. The minimum absolute atomic E-state index is 0. The molecule has 3 rings (SSSR count). The number of hydrogen-bond donors (Lipinski definition) is 1. The standard InChI is InChI=1S/C18H15FNO.C5H8O2.Ir/c1-11-6-12(2)8-14(7-11)18-17(21-3)9-13-4-5-15(19)10-16(13)20-18;1-4(6)3-5(2)7;/h4-7,9-10H,1-3H3;3,6H,1-2H3;/q-1;;/b;4-3-;. The van der Waals surface area contributed by atoms with Crippen LogP contribution in [0.4, 0.5) is 4.39 Å². The van der Waals surface area contributed by atoms with E-state index in [-0.39, 0.29) is 37.5 Å². The summed E-state index contributed by atoms with van der Waals surface area (Å²) in [6.07, 6.45) is 1.17. The molecule has 4 nitrogen and oxygen atoms in total. The Bertz CT molecular complexity index is 1020. The second kappa shape index (κ2) is 10.8. The predicted molar refractivity (Wildman–Crippen MR) is 109 cm³/mol. The molecule has 0 atom stereocenters. The van der Waals surface area contributed by atoms with Gasteiger partial charge in [-0.2, -0.15) is 0 Å². The number of methoxy groups -OCH3 is 1. The fourth-order valence-corrected chi connectivity index (χ4v) is 2.79. The van der Waals surface area contributed by atoms with Gasteiger partial charge in [0.1, 0.15) is 11.6 Å². The van der Waals surface area contributed by atoms with Crippen molar-refractivity contribution >= 4 is 16.7 Å². The van der Waals surface area contributed by atoms with E-state index in [1.807, 2.05) is 26.0 Å². The maximum absolute atomic E-state index is 13.4. The number of aromatic nitrogens is 1. The molecule has 155 valence electrons. The molecule has 0 aliphatic rings. The number of carbonyl (C=O) groups excluding carboxylic acids is 1. The molecule has 1 radical (unpaired) electrons. The Kier molecular flexibility index (Phi) is 9.15. The van der Waals surface area contributed by atoms with Crippen LogP contribution in [-0.4, -0.2) is 23.0 Å². The SMILES string of the molecule is CC(=O)/C=C(/C)O.COc1cc2ccc(F)cc2nc1-c1[c-]c(C)cc(C)c1.[Ir]. The second-order valence-corrected chi connectivity index (χ2v) is 6.53. The van der Waals surface area contributed by atoms with Crippen LogP contribution in [0.5, 0.6) is 5.75 Å². The van der Waals surface area contributed by atoms with Crippen LogP contribution in [0.15, 0.2) is 48.2 Å². The summed E-state index contributed by atoms with van der Waals surface area (Å²) in [4.78, 5) is 14.6. The Hall–Kier alpha value is -2.56. The molecule has 6 heteroatoms. The molecule has 1 heterocycles. The number of ketones is 1. The van der Waals surface area contributed by atoms with Crippen LogP contribution < -0.4 is 4.74 Å². The molecule has 0 aliphatic heterocycles. The quantitative estimate of drug-likeness (QED) is 0.256. The van der Waals surface area contributed by atoms with E-state index in [0.717, 1.165) is 22.1 Å². The Morgan fingerprint density at radius 2 is 1.86 bits per heavy atom. The molecule has 0 aliphatic carbocycles. The minimum atomic E-state index is -0.296. The number of ether oxygens (including phenoxy) is 1. The van der Waals surface area contributed by atoms with E-state index in [0.29, 0.717) is 17.0 Å². The smallest absolute Gasteiger partial charge is 0.155 e. The molecule has 1 N–H and O–H groups in total. The van der Waals surface area contributed by atoms with Gasteiger partial charge in [-0.3, -0.25) is 9.78 Å². The van der Waals surface area contributed by atoms with Gasteiger partial charge in [-0.05, 0) is 38.1 Å². The van der Waals surface area contributed by atoms with Gasteiger partial charge in [0.15, 0.2) is 5.78 Å². The molecule has 1 aromatic heterocycles. The van der Waals surface area contributed by atoms with Crippen molar-refractivity contribution in [3.63, 3.8) is 0 Å². The monoisotopic (exact) mass is 573 g/mol. The van der Waals surface area contributed by atoms with Gasteiger partial charge >= 0.3 is 0 Å². The zero-order chi connectivity index (χ0) is 20.8. The molecular weight excluding hydrogens is 549 g/mol. The van der Waals surface area contributed by atoms with Gasteiger partial charge < -0.3 is 9.84 Å². The summed E-state index contributed by atoms with van der Waals surface area (Å²) in [7, 11) is 1.61. The van der Waals surface area contributed by atoms with Gasteiger partial charge in [-0.15, -0.1) is 34.9 Å². The Morgan fingerprint density at radius 1 is 1.17 bits per heavy atom. The average molecular weight is 573 g/mol. The van der Waals surface area contributed by atoms with Crippen LogP contribution in [0.25, 0.3) is 22.2 Å². The third-order valence-electron chi connectivity index (χ3n) is 3.78. The summed E-state index contributed by atoms with van der Waals surface area (Å²) in [5.41, 5.74) is 4.31. The predicted octanol–water partition coefficient (Wildman–Crippen LogP) is 5.50. The molecular formula is C23H23FIrNO3-. The number of rotatable bonds is 3. The molecule has 0 fully saturated rings. The van der Waals surface area contributed by atoms with E-state index in [1.165, 1.54) is 32.1 Å². The van der Waals surface area contributed by atoms with Crippen molar-refractivity contribution in [2.24, 2.45) is 0 Å². The molecule has 0 saturated heterocycles. The number of fused-ring (bicyclic) bond motifs is 1. The molecule has 2 aromatic carbocycles. The van der Waals surface area contributed by atoms with E-state index < -0.39 is 0 Å². The molecule has 29 heavy (non-hydrogen) atoms. The fourth-order valence-electron chi connectivity index (χ4n) is 2.79. The normalized spacial score (nSPS) is 10.6. The summed E-state index contributed by atoms with van der Waals surface area (Å²) in [6.45, 7) is 6.86. The summed E-state index contributed by atoms with van der Waals surface area (Å²) in [5.74, 6) is 0.304. The minimum Gasteiger partial charge on any atom is -0.512 e. The second-order valence-electron chi connectivity index (χ2n) is 6.53. The van der Waals surface area contributed by atoms with Crippen molar-refractivity contribution in [2.45, 2.75) is 27.7 Å². The number of allylic oxidation sites excluding steroid dienone is 2. The van der Waals surface area contributed by atoms with Crippen molar-refractivity contribution in [2.75, 3.05) is 7.11 Å². The summed E-state index contributed by atoms with van der Waals surface area (Å²) < 4.78 is 18.8. The maximum atomic E-state index is 13.4. The van der Waals surface area contributed by atoms with Gasteiger partial charge in [-0.25, -0.2) is 4.39 Å². The number of benzene rings is 2. The van der Waals surface area contributed by atoms with Crippen LogP contribution >= 0.6 is 0 Å². The van der Waals surface area contributed by atoms with Gasteiger partial charge in [0.2, 0.25) is 0 Å². The molecule has 0 bridgehead atoms. The first kappa shape index (κ1) is 24.5. The van der Waals surface area contributed by atoms with E-state index >= 15 is 0 Å². The largest absolute Gasteiger partial charge is 0.512 e. The summed E-state index contributed by atoms with van der Waals surface area (Å²) in [6, 6.07) is 13.8. The zero-order valence-electron chi connectivity index (χ0n) is 17.0. The first-order valence-electron chi connectivity index (χ1n) is 8.72. The Morgan fingerprint density at radius 3 is 2.38 bits per heavy atom. The number of aryl methyl sites for hydroxylation is 2. The van der Waals surface area contributed by atoms with Crippen LogP contribution in [0.2, 0.25) is 0 Å². The molecule has 0 unspecified atom stereocenters. The Balaban J connectivity index is 0.000000456. The van der Waals surface area contributed by atoms with Crippen LogP contribution in [0, 0.1) is 25.7 Å². The number of carbonyl (C=O) groups is 1. The van der Waals surface area contributed by atoms with E-state index in [9.17, 15) is 9.18 Å². The first-order valence-corrected chi connectivity index (χ1v) is 8.72. The van der Waals surface area contributed by atoms with Crippen LogP contribution in [-0.2, 0) is 24.9 Å². The third-order valence-corrected chi connectivity index (χ3v) is 3.78. The molecule has 0 spiro atoms. The fraction of sp³-hybridized carbons (Fsp3) is 0.217. The van der Waals surface area contributed by atoms with Crippen molar-refractivity contribution in [3.05, 3.63) is 71.2 Å². The van der Waals surface area contributed by atoms with E-state index in [2.05, 4.69) is 17.1 Å². The summed E-state index contributed by atoms with van der Waals surface area (Å²) >= 11 is 0. The van der Waals surface area contributed by atoms with Crippen LogP contribution in [0.1, 0.15) is 25.0 Å². The van der Waals surface area contributed by atoms with Crippen molar-refractivity contribution in [1.29, 1.82) is 0 Å². The number of halogens is 1. The molecule has 0 amide bonds. The molecule has 3 aromatic rings. The molecule has 0 saturated carbocycles. The number of aliphatic hydroxyl groups is 1. The van der Waals surface area contributed by atoms with Gasteiger partial charge in [-0.1, -0.05) is 13.8 Å². The van der Waals surface area contributed by atoms with E-state index in [4.69, 9.17) is 9.84 Å².